The lowest BCUT2D eigenvalue weighted by molar-refractivity contribution is 0.500. The van der Waals surface area contributed by atoms with E-state index in [0.717, 1.165) is 23.2 Å². The minimum Gasteiger partial charge on any atom is -0.472 e. The van der Waals surface area contributed by atoms with Gasteiger partial charge < -0.3 is 9.73 Å². The summed E-state index contributed by atoms with van der Waals surface area (Å²) in [5, 5.41) is 4.78. The fourth-order valence-electron chi connectivity index (χ4n) is 2.81. The number of rotatable bonds is 4. The summed E-state index contributed by atoms with van der Waals surface area (Å²) in [6, 6.07) is 2.79. The molecule has 1 atom stereocenters. The van der Waals surface area contributed by atoms with Crippen LogP contribution in [0, 0.1) is 0 Å². The molecule has 4 heteroatoms. The van der Waals surface area contributed by atoms with Gasteiger partial charge in [-0.1, -0.05) is 0 Å². The highest BCUT2D eigenvalue weighted by atomic mass is 32.1. The summed E-state index contributed by atoms with van der Waals surface area (Å²) in [5.74, 6) is 0.612. The average Bonchev–Trinajstić information content (AvgIpc) is 2.94. The molecule has 4 rings (SSSR count). The first-order chi connectivity index (χ1) is 9.40. The van der Waals surface area contributed by atoms with Crippen LogP contribution in [0.1, 0.15) is 42.2 Å². The molecule has 0 saturated heterocycles. The van der Waals surface area contributed by atoms with Crippen molar-refractivity contribution in [2.75, 3.05) is 6.54 Å². The lowest BCUT2D eigenvalue weighted by atomic mass is 9.91. The number of hydrogen-bond donors (Lipinski definition) is 1. The monoisotopic (exact) mass is 274 g/mol. The molecule has 2 aliphatic rings. The van der Waals surface area contributed by atoms with Gasteiger partial charge in [0.15, 0.2) is 0 Å². The minimum absolute atomic E-state index is 0.612. The maximum Gasteiger partial charge on any atom is 0.127 e. The van der Waals surface area contributed by atoms with Crippen LogP contribution in [0.4, 0.5) is 0 Å². The lowest BCUT2D eigenvalue weighted by Gasteiger charge is -2.21. The molecule has 1 fully saturated rings. The van der Waals surface area contributed by atoms with Gasteiger partial charge in [0.05, 0.1) is 12.0 Å². The van der Waals surface area contributed by atoms with Crippen molar-refractivity contribution >= 4 is 11.3 Å². The number of furan rings is 1. The van der Waals surface area contributed by atoms with Crippen molar-refractivity contribution < 1.29 is 4.42 Å². The zero-order valence-corrected chi connectivity index (χ0v) is 11.7. The van der Waals surface area contributed by atoms with Crippen molar-refractivity contribution in [1.82, 2.24) is 10.3 Å². The van der Waals surface area contributed by atoms with E-state index in [2.05, 4.69) is 5.32 Å². The van der Waals surface area contributed by atoms with Crippen LogP contribution in [0.15, 0.2) is 23.0 Å². The molecular formula is C15H18N2OS. The minimum atomic E-state index is 0.612. The first-order valence-corrected chi connectivity index (χ1v) is 7.97. The van der Waals surface area contributed by atoms with E-state index in [9.17, 15) is 0 Å². The Balaban J connectivity index is 1.58. The number of hydrogen-bond acceptors (Lipinski definition) is 4. The Labute approximate surface area is 117 Å². The van der Waals surface area contributed by atoms with E-state index in [1.165, 1.54) is 42.7 Å². The van der Waals surface area contributed by atoms with Crippen LogP contribution in [-0.4, -0.2) is 17.6 Å². The van der Waals surface area contributed by atoms with Crippen LogP contribution in [0.5, 0.6) is 0 Å². The molecule has 0 bridgehead atoms. The molecule has 1 saturated carbocycles. The van der Waals surface area contributed by atoms with Crippen LogP contribution in [0.25, 0.3) is 10.6 Å². The van der Waals surface area contributed by atoms with Gasteiger partial charge in [0, 0.05) is 28.9 Å². The highest BCUT2D eigenvalue weighted by molar-refractivity contribution is 7.15. The summed E-state index contributed by atoms with van der Waals surface area (Å²) in [6.45, 7) is 1.10. The molecular weight excluding hydrogens is 256 g/mol. The lowest BCUT2D eigenvalue weighted by Crippen LogP contribution is -2.25. The van der Waals surface area contributed by atoms with Gasteiger partial charge in [-0.3, -0.25) is 0 Å². The molecule has 2 heterocycles. The first kappa shape index (κ1) is 11.7. The third kappa shape index (κ3) is 2.35. The maximum absolute atomic E-state index is 5.17. The normalized spacial score (nSPS) is 22.4. The predicted molar refractivity (Wildman–Crippen MR) is 76.5 cm³/mol. The first-order valence-electron chi connectivity index (χ1n) is 7.16. The molecule has 1 unspecified atom stereocenters. The molecule has 2 aromatic heterocycles. The molecule has 3 nitrogen and oxygen atoms in total. The quantitative estimate of drug-likeness (QED) is 0.926. The summed E-state index contributed by atoms with van der Waals surface area (Å²) < 4.78 is 5.17. The molecule has 0 spiro atoms. The second-order valence-corrected chi connectivity index (χ2v) is 6.69. The van der Waals surface area contributed by atoms with E-state index in [1.807, 2.05) is 17.4 Å². The second-order valence-electron chi connectivity index (χ2n) is 5.61. The molecule has 19 heavy (non-hydrogen) atoms. The molecule has 0 amide bonds. The number of fused-ring (bicyclic) bond motifs is 1. The average molecular weight is 274 g/mol. The van der Waals surface area contributed by atoms with E-state index in [0.29, 0.717) is 5.92 Å². The van der Waals surface area contributed by atoms with Crippen LogP contribution < -0.4 is 5.32 Å². The number of aryl methyl sites for hydroxylation is 1. The molecule has 2 aromatic rings. The van der Waals surface area contributed by atoms with Gasteiger partial charge in [-0.2, -0.15) is 0 Å². The molecule has 2 aliphatic carbocycles. The molecule has 0 radical (unpaired) electrons. The fourth-order valence-corrected chi connectivity index (χ4v) is 3.99. The van der Waals surface area contributed by atoms with Gasteiger partial charge in [-0.15, -0.1) is 11.3 Å². The number of aromatic nitrogens is 1. The van der Waals surface area contributed by atoms with E-state index >= 15 is 0 Å². The van der Waals surface area contributed by atoms with Gasteiger partial charge in [0.1, 0.15) is 11.3 Å². The van der Waals surface area contributed by atoms with E-state index < -0.39 is 0 Å². The van der Waals surface area contributed by atoms with Gasteiger partial charge in [-0.05, 0) is 38.2 Å². The van der Waals surface area contributed by atoms with Gasteiger partial charge in [0.25, 0.3) is 0 Å². The zero-order valence-electron chi connectivity index (χ0n) is 10.9. The molecule has 100 valence electrons. The SMILES string of the molecule is c1cc(-c2nc3c(s2)CCCC3CNC2CC2)co1. The fraction of sp³-hybridized carbons (Fsp3) is 0.533. The Morgan fingerprint density at radius 3 is 3.11 bits per heavy atom. The third-order valence-electron chi connectivity index (χ3n) is 4.07. The predicted octanol–water partition coefficient (Wildman–Crippen LogP) is 3.58. The number of nitrogens with one attached hydrogen (secondary N) is 1. The topological polar surface area (TPSA) is 38.1 Å². The van der Waals surface area contributed by atoms with E-state index in [-0.39, 0.29) is 0 Å². The molecule has 0 aromatic carbocycles. The van der Waals surface area contributed by atoms with Crippen LogP contribution >= 0.6 is 11.3 Å². The summed E-state index contributed by atoms with van der Waals surface area (Å²) >= 11 is 1.85. The Hall–Kier alpha value is -1.13. The van der Waals surface area contributed by atoms with Gasteiger partial charge in [0.2, 0.25) is 0 Å². The van der Waals surface area contributed by atoms with Gasteiger partial charge >= 0.3 is 0 Å². The van der Waals surface area contributed by atoms with Crippen molar-refractivity contribution in [3.8, 4) is 10.6 Å². The Morgan fingerprint density at radius 2 is 2.32 bits per heavy atom. The van der Waals surface area contributed by atoms with E-state index in [1.54, 1.807) is 12.5 Å². The van der Waals surface area contributed by atoms with Crippen molar-refractivity contribution in [3.05, 3.63) is 29.2 Å². The largest absolute Gasteiger partial charge is 0.472 e. The van der Waals surface area contributed by atoms with Crippen molar-refractivity contribution in [2.24, 2.45) is 0 Å². The van der Waals surface area contributed by atoms with Crippen LogP contribution in [-0.2, 0) is 6.42 Å². The smallest absolute Gasteiger partial charge is 0.127 e. The standard InChI is InChI=1S/C15H18N2OS/c1-2-10(8-16-12-4-5-12)14-13(3-1)19-15(17-14)11-6-7-18-9-11/h6-7,9-10,12,16H,1-5,8H2. The molecule has 0 aliphatic heterocycles. The van der Waals surface area contributed by atoms with Gasteiger partial charge in [-0.25, -0.2) is 4.98 Å². The summed E-state index contributed by atoms with van der Waals surface area (Å²) in [4.78, 5) is 6.38. The highest BCUT2D eigenvalue weighted by Gasteiger charge is 2.27. The Morgan fingerprint density at radius 1 is 1.37 bits per heavy atom. The second kappa shape index (κ2) is 4.76. The van der Waals surface area contributed by atoms with E-state index in [4.69, 9.17) is 9.40 Å². The van der Waals surface area contributed by atoms with Crippen LogP contribution in [0.2, 0.25) is 0 Å². The summed E-state index contributed by atoms with van der Waals surface area (Å²) in [6.07, 6.45) is 10.0. The van der Waals surface area contributed by atoms with Crippen molar-refractivity contribution in [1.29, 1.82) is 0 Å². The Bertz CT molecular complexity index is 557. The van der Waals surface area contributed by atoms with Crippen molar-refractivity contribution in [3.63, 3.8) is 0 Å². The zero-order chi connectivity index (χ0) is 12.7. The Kier molecular flexibility index (Phi) is 2.93. The summed E-state index contributed by atoms with van der Waals surface area (Å²) in [7, 11) is 0. The molecule has 1 N–H and O–H groups in total. The number of thiazole rings is 1. The highest BCUT2D eigenvalue weighted by Crippen LogP contribution is 2.38. The van der Waals surface area contributed by atoms with Crippen molar-refractivity contribution in [2.45, 2.75) is 44.1 Å². The summed E-state index contributed by atoms with van der Waals surface area (Å²) in [5.41, 5.74) is 2.47. The number of nitrogens with zero attached hydrogens (tertiary/aromatic N) is 1. The third-order valence-corrected chi connectivity index (χ3v) is 5.25. The maximum atomic E-state index is 5.17. The van der Waals surface area contributed by atoms with Crippen LogP contribution in [0.3, 0.4) is 0 Å².